The number of nitrogens with one attached hydrogen (secondary N) is 1. The van der Waals surface area contributed by atoms with Crippen LogP contribution in [0.15, 0.2) is 119 Å². The lowest BCUT2D eigenvalue weighted by Crippen LogP contribution is -2.27. The van der Waals surface area contributed by atoms with Crippen molar-refractivity contribution in [2.24, 2.45) is 0 Å². The number of hydrogen-bond acceptors (Lipinski definition) is 3. The van der Waals surface area contributed by atoms with Crippen molar-refractivity contribution in [3.05, 3.63) is 131 Å². The number of carbonyl (C=O) groups is 1. The molecule has 176 valence electrons. The van der Waals surface area contributed by atoms with Gasteiger partial charge in [0.2, 0.25) is 10.0 Å². The van der Waals surface area contributed by atoms with Crippen LogP contribution in [0.25, 0.3) is 10.8 Å². The van der Waals surface area contributed by atoms with Crippen molar-refractivity contribution in [2.75, 3.05) is 0 Å². The molecule has 4 aromatic rings. The van der Waals surface area contributed by atoms with Crippen molar-refractivity contribution in [1.82, 2.24) is 4.72 Å². The molecular formula is C29H24ClNO3S. The van der Waals surface area contributed by atoms with E-state index in [0.717, 1.165) is 10.9 Å². The average molecular weight is 502 g/mol. The van der Waals surface area contributed by atoms with Gasteiger partial charge in [-0.15, -0.1) is 5.73 Å². The summed E-state index contributed by atoms with van der Waals surface area (Å²) >= 11 is 6.20. The second-order valence-corrected chi connectivity index (χ2v) is 10.3. The molecule has 0 aromatic heterocycles. The fourth-order valence-electron chi connectivity index (χ4n) is 3.82. The van der Waals surface area contributed by atoms with Crippen LogP contribution in [0.5, 0.6) is 0 Å². The standard InChI is InChI=1S/C29H24ClNO3S/c1-21(32)24(19-22-9-3-2-4-10-22)17-18-28(25-13-7-14-26(30)20-25)31-35(33,34)29-16-8-12-23-11-5-6-15-27(23)29/h2-16,18,20,28,31H,19H2,1H3. The highest BCUT2D eigenvalue weighted by molar-refractivity contribution is 7.89. The molecule has 1 atom stereocenters. The van der Waals surface area contributed by atoms with Gasteiger partial charge in [0.05, 0.1) is 10.9 Å². The quantitative estimate of drug-likeness (QED) is 0.223. The Morgan fingerprint density at radius 2 is 1.63 bits per heavy atom. The van der Waals surface area contributed by atoms with Gasteiger partial charge in [0, 0.05) is 22.4 Å². The molecule has 0 saturated carbocycles. The minimum atomic E-state index is -3.93. The lowest BCUT2D eigenvalue weighted by Gasteiger charge is -2.17. The predicted octanol–water partition coefficient (Wildman–Crippen LogP) is 6.43. The first kappa shape index (κ1) is 24.6. The van der Waals surface area contributed by atoms with E-state index in [9.17, 15) is 13.2 Å². The number of hydrogen-bond donors (Lipinski definition) is 1. The Labute approximate surface area is 210 Å². The molecule has 0 aliphatic heterocycles. The van der Waals surface area contributed by atoms with Crippen molar-refractivity contribution >= 4 is 38.2 Å². The van der Waals surface area contributed by atoms with Crippen LogP contribution in [0.3, 0.4) is 0 Å². The molecule has 6 heteroatoms. The molecule has 0 fully saturated rings. The van der Waals surface area contributed by atoms with Gasteiger partial charge in [-0.1, -0.05) is 90.5 Å². The lowest BCUT2D eigenvalue weighted by atomic mass is 10.0. The summed E-state index contributed by atoms with van der Waals surface area (Å²) in [6.45, 7) is 1.48. The smallest absolute Gasteiger partial charge is 0.242 e. The van der Waals surface area contributed by atoms with Crippen molar-refractivity contribution in [3.63, 3.8) is 0 Å². The molecular weight excluding hydrogens is 478 g/mol. The van der Waals surface area contributed by atoms with Crippen LogP contribution < -0.4 is 4.72 Å². The number of carbonyl (C=O) groups excluding carboxylic acids is 1. The summed E-state index contributed by atoms with van der Waals surface area (Å²) in [4.78, 5) is 12.5. The highest BCUT2D eigenvalue weighted by atomic mass is 35.5. The molecule has 0 heterocycles. The predicted molar refractivity (Wildman–Crippen MR) is 141 cm³/mol. The summed E-state index contributed by atoms with van der Waals surface area (Å²) in [5.41, 5.74) is 5.12. The van der Waals surface area contributed by atoms with E-state index in [1.165, 1.54) is 6.92 Å². The fraction of sp³-hybridized carbons (Fsp3) is 0.103. The van der Waals surface area contributed by atoms with Gasteiger partial charge >= 0.3 is 0 Å². The normalized spacial score (nSPS) is 12.1. The second-order valence-electron chi connectivity index (χ2n) is 8.14. The van der Waals surface area contributed by atoms with Crippen LogP contribution in [-0.2, 0) is 21.2 Å². The Kier molecular flexibility index (Phi) is 7.64. The maximum absolute atomic E-state index is 13.5. The van der Waals surface area contributed by atoms with Crippen LogP contribution >= 0.6 is 11.6 Å². The molecule has 4 rings (SSSR count). The first-order valence-corrected chi connectivity index (χ1v) is 13.0. The van der Waals surface area contributed by atoms with Crippen LogP contribution in [0.2, 0.25) is 5.02 Å². The molecule has 0 aliphatic rings. The highest BCUT2D eigenvalue weighted by Crippen LogP contribution is 2.26. The van der Waals surface area contributed by atoms with Crippen molar-refractivity contribution in [2.45, 2.75) is 24.3 Å². The number of fused-ring (bicyclic) bond motifs is 1. The molecule has 0 spiro atoms. The Balaban J connectivity index is 1.77. The number of rotatable bonds is 8. The Morgan fingerprint density at radius 3 is 2.37 bits per heavy atom. The molecule has 4 nitrogen and oxygen atoms in total. The fourth-order valence-corrected chi connectivity index (χ4v) is 5.42. The van der Waals surface area contributed by atoms with E-state index in [1.54, 1.807) is 54.6 Å². The van der Waals surface area contributed by atoms with E-state index in [4.69, 9.17) is 11.6 Å². The summed E-state index contributed by atoms with van der Waals surface area (Å²) in [7, 11) is -3.93. The van der Waals surface area contributed by atoms with Crippen molar-refractivity contribution in [1.29, 1.82) is 0 Å². The number of sulfonamides is 1. The third-order valence-electron chi connectivity index (χ3n) is 5.60. The summed E-state index contributed by atoms with van der Waals surface area (Å²) in [6, 6.07) is 28.2. The van der Waals surface area contributed by atoms with Gasteiger partial charge in [0.15, 0.2) is 5.78 Å². The van der Waals surface area contributed by atoms with Crippen LogP contribution in [0, 0.1) is 0 Å². The molecule has 35 heavy (non-hydrogen) atoms. The number of benzene rings is 4. The number of halogens is 1. The maximum Gasteiger partial charge on any atom is 0.242 e. The zero-order valence-electron chi connectivity index (χ0n) is 19.1. The minimum Gasteiger partial charge on any atom is -0.294 e. The van der Waals surface area contributed by atoms with Gasteiger partial charge in [-0.2, -0.15) is 4.72 Å². The Bertz CT molecular complexity index is 1530. The van der Waals surface area contributed by atoms with E-state index >= 15 is 0 Å². The van der Waals surface area contributed by atoms with Crippen LogP contribution in [-0.4, -0.2) is 14.2 Å². The summed E-state index contributed by atoms with van der Waals surface area (Å²) < 4.78 is 29.8. The zero-order valence-corrected chi connectivity index (χ0v) is 20.7. The number of Topliss-reactive ketones (excluding diaryl/α,β-unsaturated/α-hetero) is 1. The molecule has 0 amide bonds. The number of ketones is 1. The van der Waals surface area contributed by atoms with Crippen molar-refractivity contribution < 1.29 is 13.2 Å². The minimum absolute atomic E-state index is 0.133. The van der Waals surface area contributed by atoms with E-state index in [-0.39, 0.29) is 10.7 Å². The average Bonchev–Trinajstić information content (AvgIpc) is 2.85. The van der Waals surface area contributed by atoms with E-state index < -0.39 is 16.1 Å². The second kappa shape index (κ2) is 10.9. The molecule has 1 unspecified atom stereocenters. The van der Waals surface area contributed by atoms with Gasteiger partial charge in [0.1, 0.15) is 0 Å². The summed E-state index contributed by atoms with van der Waals surface area (Å²) in [6.07, 6.45) is 1.97. The maximum atomic E-state index is 13.5. The molecule has 0 radical (unpaired) electrons. The van der Waals surface area contributed by atoms with Gasteiger partial charge in [-0.05, 0) is 47.7 Å². The van der Waals surface area contributed by atoms with Crippen molar-refractivity contribution in [3.8, 4) is 0 Å². The molecule has 1 N–H and O–H groups in total. The Morgan fingerprint density at radius 1 is 0.943 bits per heavy atom. The van der Waals surface area contributed by atoms with Crippen LogP contribution in [0.4, 0.5) is 0 Å². The molecule has 4 aromatic carbocycles. The van der Waals surface area contributed by atoms with Crippen LogP contribution in [0.1, 0.15) is 24.1 Å². The molecule has 0 bridgehead atoms. The van der Waals surface area contributed by atoms with Gasteiger partial charge in [0.25, 0.3) is 0 Å². The topological polar surface area (TPSA) is 63.2 Å². The van der Waals surface area contributed by atoms with Gasteiger partial charge in [-0.3, -0.25) is 4.79 Å². The zero-order chi connectivity index (χ0) is 24.8. The first-order chi connectivity index (χ1) is 16.8. The van der Waals surface area contributed by atoms with E-state index in [2.05, 4.69) is 10.5 Å². The first-order valence-electron chi connectivity index (χ1n) is 11.1. The highest BCUT2D eigenvalue weighted by Gasteiger charge is 2.22. The Hall–Kier alpha value is -3.47. The third kappa shape index (κ3) is 6.16. The summed E-state index contributed by atoms with van der Waals surface area (Å²) in [5.74, 6) is -0.133. The monoisotopic (exact) mass is 501 g/mol. The molecule has 0 aliphatic carbocycles. The van der Waals surface area contributed by atoms with Gasteiger partial charge < -0.3 is 0 Å². The SMILES string of the molecule is CC(=O)C(=C=CC(NS(=O)(=O)c1cccc2ccccc12)c1cccc(Cl)c1)Cc1ccccc1. The van der Waals surface area contributed by atoms with E-state index in [0.29, 0.717) is 28.0 Å². The largest absolute Gasteiger partial charge is 0.294 e. The van der Waals surface area contributed by atoms with Gasteiger partial charge in [-0.25, -0.2) is 8.42 Å². The molecule has 0 saturated heterocycles. The van der Waals surface area contributed by atoms with E-state index in [1.807, 2.05) is 48.5 Å². The third-order valence-corrected chi connectivity index (χ3v) is 7.34. The summed E-state index contributed by atoms with van der Waals surface area (Å²) in [5, 5.41) is 1.93. The lowest BCUT2D eigenvalue weighted by molar-refractivity contribution is -0.113.